The van der Waals surface area contributed by atoms with Gasteiger partial charge in [0.25, 0.3) is 5.91 Å². The van der Waals surface area contributed by atoms with Crippen LogP contribution in [0.15, 0.2) is 30.9 Å². The summed E-state index contributed by atoms with van der Waals surface area (Å²) in [5, 5.41) is 7.03. The first-order valence-electron chi connectivity index (χ1n) is 9.69. The Balaban J connectivity index is 1.68. The number of ether oxygens (including phenoxy) is 2. The highest BCUT2D eigenvalue weighted by Gasteiger charge is 2.24. The van der Waals surface area contributed by atoms with Gasteiger partial charge in [0.05, 0.1) is 19.2 Å². The number of rotatable bonds is 7. The smallest absolute Gasteiger partial charge is 0.255 e. The molecule has 0 spiro atoms. The Hall–Kier alpha value is -3.10. The highest BCUT2D eigenvalue weighted by atomic mass is 16.5. The number of amides is 2. The molecule has 0 unspecified atom stereocenters. The van der Waals surface area contributed by atoms with E-state index in [1.165, 1.54) is 6.33 Å². The van der Waals surface area contributed by atoms with Gasteiger partial charge < -0.3 is 19.7 Å². The number of carbonyl (C=O) groups is 2. The largest absolute Gasteiger partial charge is 0.497 e. The van der Waals surface area contributed by atoms with E-state index >= 15 is 0 Å². The molecule has 2 amide bonds. The molecule has 0 aliphatic carbocycles. The van der Waals surface area contributed by atoms with Gasteiger partial charge in [-0.05, 0) is 25.1 Å². The summed E-state index contributed by atoms with van der Waals surface area (Å²) in [5.41, 5.74) is 0.420. The fourth-order valence-electron chi connectivity index (χ4n) is 3.34. The van der Waals surface area contributed by atoms with Crippen LogP contribution in [0.3, 0.4) is 0 Å². The third-order valence-electron chi connectivity index (χ3n) is 4.92. The summed E-state index contributed by atoms with van der Waals surface area (Å²) < 4.78 is 13.1. The van der Waals surface area contributed by atoms with Gasteiger partial charge >= 0.3 is 0 Å². The van der Waals surface area contributed by atoms with Crippen molar-refractivity contribution in [2.24, 2.45) is 0 Å². The van der Waals surface area contributed by atoms with E-state index in [4.69, 9.17) is 9.47 Å². The van der Waals surface area contributed by atoms with Crippen molar-refractivity contribution in [2.75, 3.05) is 20.2 Å². The molecule has 1 atom stereocenters. The predicted molar refractivity (Wildman–Crippen MR) is 106 cm³/mol. The van der Waals surface area contributed by atoms with E-state index in [-0.39, 0.29) is 24.0 Å². The molecule has 1 aliphatic heterocycles. The van der Waals surface area contributed by atoms with Crippen molar-refractivity contribution in [1.29, 1.82) is 0 Å². The minimum Gasteiger partial charge on any atom is -0.497 e. The third kappa shape index (κ3) is 5.46. The Morgan fingerprint density at radius 3 is 2.69 bits per heavy atom. The Bertz CT molecular complexity index is 831. The highest BCUT2D eigenvalue weighted by Crippen LogP contribution is 2.27. The average Bonchev–Trinajstić information content (AvgIpc) is 3.21. The lowest BCUT2D eigenvalue weighted by molar-refractivity contribution is -0.130. The van der Waals surface area contributed by atoms with E-state index in [0.717, 1.165) is 12.8 Å². The van der Waals surface area contributed by atoms with Gasteiger partial charge in [0.1, 0.15) is 30.3 Å². The van der Waals surface area contributed by atoms with Crippen molar-refractivity contribution in [3.8, 4) is 11.5 Å². The lowest BCUT2D eigenvalue weighted by Gasteiger charge is -2.32. The van der Waals surface area contributed by atoms with Crippen LogP contribution in [0.5, 0.6) is 11.5 Å². The lowest BCUT2D eigenvalue weighted by atomic mass is 10.1. The molecule has 9 nitrogen and oxygen atoms in total. The molecule has 1 aromatic heterocycles. The molecule has 0 radical (unpaired) electrons. The third-order valence-corrected chi connectivity index (χ3v) is 4.92. The number of nitrogens with one attached hydrogen (secondary N) is 1. The zero-order chi connectivity index (χ0) is 20.8. The van der Waals surface area contributed by atoms with Crippen molar-refractivity contribution in [3.63, 3.8) is 0 Å². The molecular weight excluding hydrogens is 374 g/mol. The summed E-state index contributed by atoms with van der Waals surface area (Å²) >= 11 is 0. The number of nitrogens with zero attached hydrogens (tertiary/aromatic N) is 4. The van der Waals surface area contributed by atoms with Crippen LogP contribution in [-0.4, -0.2) is 63.8 Å². The molecule has 9 heteroatoms. The number of piperidine rings is 1. The summed E-state index contributed by atoms with van der Waals surface area (Å²) in [4.78, 5) is 30.1. The van der Waals surface area contributed by atoms with Crippen LogP contribution in [0.4, 0.5) is 0 Å². The zero-order valence-corrected chi connectivity index (χ0v) is 17.0. The summed E-state index contributed by atoms with van der Waals surface area (Å²) in [5.74, 6) is 0.928. The summed E-state index contributed by atoms with van der Waals surface area (Å²) in [6.45, 7) is 5.31. The maximum absolute atomic E-state index is 12.9. The quantitative estimate of drug-likeness (QED) is 0.755. The van der Waals surface area contributed by atoms with E-state index in [0.29, 0.717) is 36.7 Å². The standard InChI is InChI=1S/C20H27N5O4/c1-14(11-25-13-21-12-22-25)23-20(27)18-10-17(28-3)4-5-19(18)29-16-6-8-24(9-7-16)15(2)26/h4-5,10,12-14,16H,6-9,11H2,1-3H3,(H,23,27)/t14-/m1/s1. The minimum absolute atomic E-state index is 0.0434. The van der Waals surface area contributed by atoms with Crippen molar-refractivity contribution >= 4 is 11.8 Å². The number of hydrogen-bond donors (Lipinski definition) is 1. The SMILES string of the molecule is COc1ccc(OC2CCN(C(C)=O)CC2)c(C(=O)N[C@H](C)Cn2cncn2)c1. The molecular formula is C20H27N5O4. The normalized spacial score (nSPS) is 15.6. The van der Waals surface area contributed by atoms with Gasteiger partial charge in [-0.25, -0.2) is 4.98 Å². The second-order valence-corrected chi connectivity index (χ2v) is 7.18. The molecule has 1 aliphatic rings. The molecule has 1 fully saturated rings. The molecule has 156 valence electrons. The summed E-state index contributed by atoms with van der Waals surface area (Å²) in [7, 11) is 1.56. The molecule has 2 heterocycles. The van der Waals surface area contributed by atoms with Crippen molar-refractivity contribution < 1.29 is 19.1 Å². The topological polar surface area (TPSA) is 98.6 Å². The molecule has 1 saturated heterocycles. The molecule has 1 aromatic carbocycles. The van der Waals surface area contributed by atoms with E-state index in [2.05, 4.69) is 15.4 Å². The number of methoxy groups -OCH3 is 1. The molecule has 0 bridgehead atoms. The number of likely N-dealkylation sites (tertiary alicyclic amines) is 1. The van der Waals surface area contributed by atoms with Crippen molar-refractivity contribution in [1.82, 2.24) is 25.0 Å². The first-order chi connectivity index (χ1) is 14.0. The fourth-order valence-corrected chi connectivity index (χ4v) is 3.34. The van der Waals surface area contributed by atoms with Crippen LogP contribution in [0.25, 0.3) is 0 Å². The second-order valence-electron chi connectivity index (χ2n) is 7.18. The Morgan fingerprint density at radius 2 is 2.07 bits per heavy atom. The lowest BCUT2D eigenvalue weighted by Crippen LogP contribution is -2.41. The van der Waals surface area contributed by atoms with E-state index < -0.39 is 0 Å². The molecule has 0 saturated carbocycles. The van der Waals surface area contributed by atoms with Gasteiger partial charge in [-0.15, -0.1) is 0 Å². The Labute approximate surface area is 170 Å². The summed E-state index contributed by atoms with van der Waals surface area (Å²) in [6.07, 6.45) is 4.49. The Kier molecular flexibility index (Phi) is 6.69. The zero-order valence-electron chi connectivity index (χ0n) is 17.0. The van der Waals surface area contributed by atoms with E-state index in [9.17, 15) is 9.59 Å². The molecule has 3 rings (SSSR count). The molecule has 1 N–H and O–H groups in total. The van der Waals surface area contributed by atoms with Crippen LogP contribution in [0.1, 0.15) is 37.0 Å². The number of benzene rings is 1. The van der Waals surface area contributed by atoms with Crippen LogP contribution >= 0.6 is 0 Å². The maximum atomic E-state index is 12.9. The maximum Gasteiger partial charge on any atom is 0.255 e. The number of carbonyl (C=O) groups excluding carboxylic acids is 2. The average molecular weight is 401 g/mol. The van der Waals surface area contributed by atoms with E-state index in [1.54, 1.807) is 43.2 Å². The van der Waals surface area contributed by atoms with Gasteiger partial charge in [-0.1, -0.05) is 0 Å². The van der Waals surface area contributed by atoms with Crippen LogP contribution in [0, 0.1) is 0 Å². The first kappa shape index (κ1) is 20.6. The van der Waals surface area contributed by atoms with Crippen LogP contribution in [-0.2, 0) is 11.3 Å². The fraction of sp³-hybridized carbons (Fsp3) is 0.500. The number of hydrogen-bond acceptors (Lipinski definition) is 6. The predicted octanol–water partition coefficient (Wildman–Crippen LogP) is 1.49. The Morgan fingerprint density at radius 1 is 1.31 bits per heavy atom. The summed E-state index contributed by atoms with van der Waals surface area (Å²) in [6, 6.07) is 5.06. The second kappa shape index (κ2) is 9.40. The molecule has 29 heavy (non-hydrogen) atoms. The van der Waals surface area contributed by atoms with Crippen LogP contribution < -0.4 is 14.8 Å². The number of aromatic nitrogens is 3. The first-order valence-corrected chi connectivity index (χ1v) is 9.69. The van der Waals surface area contributed by atoms with Crippen molar-refractivity contribution in [3.05, 3.63) is 36.4 Å². The minimum atomic E-state index is -0.243. The van der Waals surface area contributed by atoms with Gasteiger partial charge in [0.2, 0.25) is 5.91 Å². The van der Waals surface area contributed by atoms with Gasteiger partial charge in [0, 0.05) is 38.9 Å². The van der Waals surface area contributed by atoms with Gasteiger partial charge in [-0.2, -0.15) is 5.10 Å². The van der Waals surface area contributed by atoms with E-state index in [1.807, 2.05) is 11.8 Å². The highest BCUT2D eigenvalue weighted by molar-refractivity contribution is 5.97. The monoisotopic (exact) mass is 401 g/mol. The van der Waals surface area contributed by atoms with Crippen molar-refractivity contribution in [2.45, 2.75) is 45.4 Å². The van der Waals surface area contributed by atoms with Gasteiger partial charge in [0.15, 0.2) is 0 Å². The van der Waals surface area contributed by atoms with Crippen LogP contribution in [0.2, 0.25) is 0 Å². The molecule has 2 aromatic rings. The van der Waals surface area contributed by atoms with Gasteiger partial charge in [-0.3, -0.25) is 14.3 Å².